The standard InChI is InChI=1S/C31H46N2O6/c1-7-9-10-11-12-13-14-15-27(35)38-24-17-22(3)16-23(4)29(24)30(5,6)19-28(36)37-20-31(8-2)25(34)18-26(39-31)33-21-32/h2,16-17,21,25-26,34H,7,9-15,18-20H2,1,3-6H3,(H2,32,33)/t25-,26+,31+/m0/s1. The van der Waals surface area contributed by atoms with Crippen LogP contribution in [0.1, 0.15) is 102 Å². The Morgan fingerprint density at radius 3 is 2.51 bits per heavy atom. The second kappa shape index (κ2) is 15.0. The fourth-order valence-corrected chi connectivity index (χ4v) is 5.24. The van der Waals surface area contributed by atoms with E-state index in [1.54, 1.807) is 0 Å². The first-order valence-corrected chi connectivity index (χ1v) is 14.0. The van der Waals surface area contributed by atoms with Crippen LogP contribution in [-0.2, 0) is 24.5 Å². The van der Waals surface area contributed by atoms with Crippen molar-refractivity contribution in [2.45, 2.75) is 122 Å². The van der Waals surface area contributed by atoms with Gasteiger partial charge in [0.15, 0.2) is 5.60 Å². The Morgan fingerprint density at radius 2 is 1.87 bits per heavy atom. The second-order valence-corrected chi connectivity index (χ2v) is 11.2. The van der Waals surface area contributed by atoms with E-state index in [1.165, 1.54) is 25.7 Å². The van der Waals surface area contributed by atoms with Gasteiger partial charge in [-0.05, 0) is 37.5 Å². The third-order valence-electron chi connectivity index (χ3n) is 7.20. The molecule has 1 aliphatic heterocycles. The number of carbonyl (C=O) groups excluding carboxylic acids is 2. The first-order valence-electron chi connectivity index (χ1n) is 14.0. The van der Waals surface area contributed by atoms with Crippen LogP contribution in [-0.4, -0.2) is 47.9 Å². The van der Waals surface area contributed by atoms with E-state index in [0.29, 0.717) is 12.2 Å². The van der Waals surface area contributed by atoms with Gasteiger partial charge in [-0.1, -0.05) is 71.3 Å². The Kier molecular flexibility index (Phi) is 12.5. The normalized spacial score (nSPS) is 20.7. The maximum Gasteiger partial charge on any atom is 0.311 e. The summed E-state index contributed by atoms with van der Waals surface area (Å²) in [5, 5.41) is 20.3. The van der Waals surface area contributed by atoms with Crippen LogP contribution in [0.3, 0.4) is 0 Å². The number of hydrogen-bond donors (Lipinski definition) is 3. The van der Waals surface area contributed by atoms with E-state index in [2.05, 4.69) is 18.2 Å². The quantitative estimate of drug-likeness (QED) is 0.0653. The summed E-state index contributed by atoms with van der Waals surface area (Å²) in [4.78, 5) is 25.7. The molecule has 8 heteroatoms. The number of terminal acetylenes is 1. The summed E-state index contributed by atoms with van der Waals surface area (Å²) >= 11 is 0. The number of unbranched alkanes of at least 4 members (excludes halogenated alkanes) is 6. The highest BCUT2D eigenvalue weighted by Gasteiger charge is 2.48. The van der Waals surface area contributed by atoms with Gasteiger partial charge in [0.2, 0.25) is 0 Å². The summed E-state index contributed by atoms with van der Waals surface area (Å²) in [5.41, 5.74) is 0.451. The number of ether oxygens (including phenoxy) is 3. The van der Waals surface area contributed by atoms with Gasteiger partial charge in [-0.3, -0.25) is 15.0 Å². The van der Waals surface area contributed by atoms with E-state index in [9.17, 15) is 14.7 Å². The molecule has 39 heavy (non-hydrogen) atoms. The molecule has 0 aliphatic carbocycles. The van der Waals surface area contributed by atoms with Crippen LogP contribution in [0.2, 0.25) is 0 Å². The van der Waals surface area contributed by atoms with Gasteiger partial charge < -0.3 is 24.6 Å². The average molecular weight is 543 g/mol. The predicted octanol–water partition coefficient (Wildman–Crippen LogP) is 5.24. The van der Waals surface area contributed by atoms with Crippen molar-refractivity contribution in [3.05, 3.63) is 28.8 Å². The SMILES string of the molecule is C#C[C@]1(COC(=O)CC(C)(C)c2c(C)cc(C)cc2OC(=O)CCCCCCCCC)O[C@@H](NC=N)C[C@@H]1O. The maximum absolute atomic E-state index is 13.0. The van der Waals surface area contributed by atoms with Gasteiger partial charge in [-0.15, -0.1) is 6.42 Å². The third kappa shape index (κ3) is 9.36. The minimum absolute atomic E-state index is 0.00185. The molecule has 0 unspecified atom stereocenters. The smallest absolute Gasteiger partial charge is 0.311 e. The lowest BCUT2D eigenvalue weighted by atomic mass is 9.78. The van der Waals surface area contributed by atoms with Crippen LogP contribution in [0.25, 0.3) is 0 Å². The van der Waals surface area contributed by atoms with Gasteiger partial charge in [0.05, 0.1) is 12.8 Å². The number of carbonyl (C=O) groups is 2. The fraction of sp³-hybridized carbons (Fsp3) is 0.645. The average Bonchev–Trinajstić information content (AvgIpc) is 3.16. The fourth-order valence-electron chi connectivity index (χ4n) is 5.24. The Morgan fingerprint density at radius 1 is 1.21 bits per heavy atom. The van der Waals surface area contributed by atoms with Crippen LogP contribution in [0.4, 0.5) is 0 Å². The highest BCUT2D eigenvalue weighted by Crippen LogP contribution is 2.39. The van der Waals surface area contributed by atoms with Crippen molar-refractivity contribution in [2.24, 2.45) is 0 Å². The number of aliphatic hydroxyl groups is 1. The highest BCUT2D eigenvalue weighted by atomic mass is 16.6. The molecule has 1 aliphatic rings. The van der Waals surface area contributed by atoms with E-state index >= 15 is 0 Å². The molecular formula is C31H46N2O6. The number of aryl methyl sites for hydroxylation is 2. The summed E-state index contributed by atoms with van der Waals surface area (Å²) in [6, 6.07) is 3.84. The summed E-state index contributed by atoms with van der Waals surface area (Å²) in [6.07, 6.45) is 13.2. The maximum atomic E-state index is 13.0. The van der Waals surface area contributed by atoms with Crippen molar-refractivity contribution in [1.82, 2.24) is 5.32 Å². The van der Waals surface area contributed by atoms with Crippen LogP contribution in [0.15, 0.2) is 12.1 Å². The molecular weight excluding hydrogens is 496 g/mol. The minimum atomic E-state index is -1.49. The summed E-state index contributed by atoms with van der Waals surface area (Å²) in [7, 11) is 0. The van der Waals surface area contributed by atoms with E-state index in [4.69, 9.17) is 26.0 Å². The van der Waals surface area contributed by atoms with Crippen molar-refractivity contribution in [3.63, 3.8) is 0 Å². The molecule has 216 valence electrons. The van der Waals surface area contributed by atoms with Crippen LogP contribution in [0, 0.1) is 31.6 Å². The molecule has 0 aromatic heterocycles. The molecule has 1 aromatic carbocycles. The third-order valence-corrected chi connectivity index (χ3v) is 7.20. The Labute approximate surface area is 233 Å². The molecule has 0 saturated carbocycles. The molecule has 3 N–H and O–H groups in total. The Balaban J connectivity index is 2.03. The number of aliphatic hydroxyl groups excluding tert-OH is 1. The minimum Gasteiger partial charge on any atom is -0.461 e. The van der Waals surface area contributed by atoms with E-state index < -0.39 is 29.3 Å². The topological polar surface area (TPSA) is 118 Å². The van der Waals surface area contributed by atoms with Gasteiger partial charge in [0.1, 0.15) is 24.7 Å². The van der Waals surface area contributed by atoms with Crippen LogP contribution >= 0.6 is 0 Å². The van der Waals surface area contributed by atoms with E-state index in [-0.39, 0.29) is 25.4 Å². The highest BCUT2D eigenvalue weighted by molar-refractivity contribution is 5.75. The van der Waals surface area contributed by atoms with Gasteiger partial charge in [0.25, 0.3) is 0 Å². The van der Waals surface area contributed by atoms with Gasteiger partial charge in [-0.2, -0.15) is 0 Å². The molecule has 0 amide bonds. The molecule has 3 atom stereocenters. The largest absolute Gasteiger partial charge is 0.461 e. The zero-order valence-corrected chi connectivity index (χ0v) is 24.2. The zero-order chi connectivity index (χ0) is 29.1. The molecule has 1 fully saturated rings. The lowest BCUT2D eigenvalue weighted by Crippen LogP contribution is -2.44. The number of nitrogens with one attached hydrogen (secondary N) is 2. The zero-order valence-electron chi connectivity index (χ0n) is 24.2. The molecule has 8 nitrogen and oxygen atoms in total. The number of esters is 2. The predicted molar refractivity (Wildman–Crippen MR) is 152 cm³/mol. The summed E-state index contributed by atoms with van der Waals surface area (Å²) < 4.78 is 17.0. The van der Waals surface area contributed by atoms with Crippen LogP contribution < -0.4 is 10.1 Å². The monoisotopic (exact) mass is 542 g/mol. The van der Waals surface area contributed by atoms with E-state index in [0.717, 1.165) is 42.3 Å². The van der Waals surface area contributed by atoms with Crippen molar-refractivity contribution < 1.29 is 28.9 Å². The van der Waals surface area contributed by atoms with E-state index in [1.807, 2.05) is 39.8 Å². The second-order valence-electron chi connectivity index (χ2n) is 11.2. The molecule has 0 bridgehead atoms. The number of rotatable bonds is 16. The van der Waals surface area contributed by atoms with Gasteiger partial charge >= 0.3 is 11.9 Å². The van der Waals surface area contributed by atoms with Crippen LogP contribution in [0.5, 0.6) is 5.75 Å². The molecule has 2 rings (SSSR count). The summed E-state index contributed by atoms with van der Waals surface area (Å²) in [5.74, 6) is 2.10. The molecule has 0 spiro atoms. The summed E-state index contributed by atoms with van der Waals surface area (Å²) in [6.45, 7) is 9.57. The molecule has 1 aromatic rings. The van der Waals surface area contributed by atoms with Gasteiger partial charge in [-0.25, -0.2) is 0 Å². The number of hydrogen-bond acceptors (Lipinski definition) is 7. The number of benzene rings is 1. The van der Waals surface area contributed by atoms with Crippen molar-refractivity contribution in [3.8, 4) is 18.1 Å². The lowest BCUT2D eigenvalue weighted by Gasteiger charge is -2.30. The van der Waals surface area contributed by atoms with Crippen molar-refractivity contribution in [2.75, 3.05) is 6.61 Å². The Bertz CT molecular complexity index is 1030. The Hall–Kier alpha value is -2.89. The molecule has 1 saturated heterocycles. The molecule has 1 heterocycles. The van der Waals surface area contributed by atoms with Crippen molar-refractivity contribution in [1.29, 1.82) is 5.41 Å². The molecule has 0 radical (unpaired) electrons. The first-order chi connectivity index (χ1) is 18.5. The lowest BCUT2D eigenvalue weighted by molar-refractivity contribution is -0.155. The van der Waals surface area contributed by atoms with Gasteiger partial charge in [0, 0.05) is 23.8 Å². The van der Waals surface area contributed by atoms with Crippen molar-refractivity contribution >= 4 is 18.3 Å². The first kappa shape index (κ1) is 32.3.